The number of H-pyrrole nitrogens is 1. The van der Waals surface area contributed by atoms with Gasteiger partial charge in [0.05, 0.1) is 25.1 Å². The summed E-state index contributed by atoms with van der Waals surface area (Å²) in [7, 11) is 3.80. The fraction of sp³-hybridized carbons (Fsp3) is 0.474. The quantitative estimate of drug-likeness (QED) is 0.762. The highest BCUT2D eigenvalue weighted by Gasteiger charge is 2.16. The van der Waals surface area contributed by atoms with Gasteiger partial charge in [-0.05, 0) is 25.5 Å². The normalized spacial score (nSPS) is 14.0. The zero-order chi connectivity index (χ0) is 20.1. The molecule has 0 atom stereocenters. The standard InChI is InChI=1S/C19H26N6O3/c1-13-15(18(27)23-19(21-13)25-8-10-28-11-9-25)5-7-17(26)22-14-4-6-16(20-12-14)24(2)3/h4,6,12H,5,7-11H2,1-3H3,(H,22,26)(H,21,23,27). The number of ether oxygens (including phenoxy) is 1. The molecule has 3 heterocycles. The lowest BCUT2D eigenvalue weighted by molar-refractivity contribution is -0.116. The number of aromatic amines is 1. The van der Waals surface area contributed by atoms with Crippen molar-refractivity contribution in [2.45, 2.75) is 19.8 Å². The monoisotopic (exact) mass is 386 g/mol. The molecule has 9 heteroatoms. The third-order valence-electron chi connectivity index (χ3n) is 4.61. The van der Waals surface area contributed by atoms with Crippen LogP contribution in [-0.4, -0.2) is 61.3 Å². The molecule has 2 aromatic rings. The van der Waals surface area contributed by atoms with E-state index in [1.165, 1.54) is 0 Å². The Labute approximate surface area is 163 Å². The molecule has 0 aromatic carbocycles. The van der Waals surface area contributed by atoms with E-state index in [2.05, 4.69) is 20.3 Å². The molecule has 0 aliphatic carbocycles. The van der Waals surface area contributed by atoms with E-state index < -0.39 is 0 Å². The van der Waals surface area contributed by atoms with Crippen molar-refractivity contribution in [3.63, 3.8) is 0 Å². The van der Waals surface area contributed by atoms with Crippen molar-refractivity contribution in [1.29, 1.82) is 0 Å². The van der Waals surface area contributed by atoms with Crippen molar-refractivity contribution in [2.24, 2.45) is 0 Å². The second-order valence-electron chi connectivity index (χ2n) is 6.90. The van der Waals surface area contributed by atoms with E-state index in [1.54, 1.807) is 19.2 Å². The lowest BCUT2D eigenvalue weighted by Gasteiger charge is -2.27. The van der Waals surface area contributed by atoms with Crippen LogP contribution in [0, 0.1) is 6.92 Å². The SMILES string of the molecule is Cc1nc(N2CCOCC2)[nH]c(=O)c1CCC(=O)Nc1ccc(N(C)C)nc1. The molecule has 2 N–H and O–H groups in total. The molecule has 1 aliphatic heterocycles. The van der Waals surface area contributed by atoms with Gasteiger partial charge in [-0.25, -0.2) is 9.97 Å². The van der Waals surface area contributed by atoms with Gasteiger partial charge in [0, 0.05) is 44.9 Å². The Kier molecular flexibility index (Phi) is 6.25. The topological polar surface area (TPSA) is 103 Å². The maximum absolute atomic E-state index is 12.5. The van der Waals surface area contributed by atoms with Crippen molar-refractivity contribution in [3.05, 3.63) is 39.9 Å². The van der Waals surface area contributed by atoms with Crippen LogP contribution in [0.25, 0.3) is 0 Å². The summed E-state index contributed by atoms with van der Waals surface area (Å²) in [5.41, 5.74) is 1.61. The van der Waals surface area contributed by atoms with Crippen LogP contribution in [0.4, 0.5) is 17.5 Å². The van der Waals surface area contributed by atoms with Gasteiger partial charge in [-0.1, -0.05) is 0 Å². The Bertz CT molecular complexity index is 872. The molecule has 0 saturated carbocycles. The van der Waals surface area contributed by atoms with Crippen LogP contribution in [-0.2, 0) is 16.0 Å². The van der Waals surface area contributed by atoms with Crippen LogP contribution in [0.15, 0.2) is 23.1 Å². The second-order valence-corrected chi connectivity index (χ2v) is 6.90. The van der Waals surface area contributed by atoms with E-state index in [9.17, 15) is 9.59 Å². The number of nitrogens with zero attached hydrogens (tertiary/aromatic N) is 4. The number of hydrogen-bond acceptors (Lipinski definition) is 7. The highest BCUT2D eigenvalue weighted by atomic mass is 16.5. The van der Waals surface area contributed by atoms with Crippen LogP contribution in [0.3, 0.4) is 0 Å². The first-order valence-corrected chi connectivity index (χ1v) is 9.30. The number of hydrogen-bond donors (Lipinski definition) is 2. The van der Waals surface area contributed by atoms with Gasteiger partial charge in [-0.15, -0.1) is 0 Å². The van der Waals surface area contributed by atoms with E-state index in [1.807, 2.05) is 30.0 Å². The average Bonchev–Trinajstić information content (AvgIpc) is 2.68. The average molecular weight is 386 g/mol. The first-order valence-electron chi connectivity index (χ1n) is 9.30. The van der Waals surface area contributed by atoms with E-state index >= 15 is 0 Å². The van der Waals surface area contributed by atoms with Gasteiger partial charge in [0.25, 0.3) is 5.56 Å². The summed E-state index contributed by atoms with van der Waals surface area (Å²) in [4.78, 5) is 40.2. The maximum Gasteiger partial charge on any atom is 0.255 e. The van der Waals surface area contributed by atoms with Crippen LogP contribution >= 0.6 is 0 Å². The summed E-state index contributed by atoms with van der Waals surface area (Å²) >= 11 is 0. The predicted molar refractivity (Wildman–Crippen MR) is 108 cm³/mol. The number of aryl methyl sites for hydroxylation is 1. The van der Waals surface area contributed by atoms with Gasteiger partial charge < -0.3 is 19.9 Å². The lowest BCUT2D eigenvalue weighted by Crippen LogP contribution is -2.38. The fourth-order valence-electron chi connectivity index (χ4n) is 3.00. The summed E-state index contributed by atoms with van der Waals surface area (Å²) in [5, 5.41) is 2.81. The largest absolute Gasteiger partial charge is 0.378 e. The number of carbonyl (C=O) groups excluding carboxylic acids is 1. The molecule has 1 fully saturated rings. The zero-order valence-electron chi connectivity index (χ0n) is 16.5. The number of morpholine rings is 1. The number of pyridine rings is 1. The molecule has 1 saturated heterocycles. The molecule has 1 amide bonds. The van der Waals surface area contributed by atoms with Crippen molar-refractivity contribution in [3.8, 4) is 0 Å². The smallest absolute Gasteiger partial charge is 0.255 e. The van der Waals surface area contributed by atoms with Crippen LogP contribution in [0.2, 0.25) is 0 Å². The van der Waals surface area contributed by atoms with Gasteiger partial charge in [-0.2, -0.15) is 0 Å². The molecule has 2 aromatic heterocycles. The van der Waals surface area contributed by atoms with Crippen LogP contribution < -0.4 is 20.7 Å². The molecule has 0 radical (unpaired) electrons. The Morgan fingerprint density at radius 3 is 2.68 bits per heavy atom. The van der Waals surface area contributed by atoms with Gasteiger partial charge in [-0.3, -0.25) is 14.6 Å². The number of aromatic nitrogens is 3. The van der Waals surface area contributed by atoms with Crippen LogP contribution in [0.5, 0.6) is 0 Å². The van der Waals surface area contributed by atoms with Gasteiger partial charge in [0.2, 0.25) is 11.9 Å². The number of carbonyl (C=O) groups is 1. The summed E-state index contributed by atoms with van der Waals surface area (Å²) < 4.78 is 5.32. The highest BCUT2D eigenvalue weighted by molar-refractivity contribution is 5.90. The number of amides is 1. The first-order chi connectivity index (χ1) is 13.4. The first kappa shape index (κ1) is 19.8. The summed E-state index contributed by atoms with van der Waals surface area (Å²) in [6.07, 6.45) is 2.13. The number of rotatable bonds is 6. The predicted octanol–water partition coefficient (Wildman–Crippen LogP) is 0.947. The lowest BCUT2D eigenvalue weighted by atomic mass is 10.1. The van der Waals surface area contributed by atoms with Crippen molar-refractivity contribution < 1.29 is 9.53 Å². The molecule has 150 valence electrons. The third-order valence-corrected chi connectivity index (χ3v) is 4.61. The molecular formula is C19H26N6O3. The molecule has 28 heavy (non-hydrogen) atoms. The molecular weight excluding hydrogens is 360 g/mol. The molecule has 1 aliphatic rings. The van der Waals surface area contributed by atoms with Crippen LogP contribution in [0.1, 0.15) is 17.7 Å². The summed E-state index contributed by atoms with van der Waals surface area (Å²) in [6, 6.07) is 3.63. The molecule has 0 spiro atoms. The molecule has 0 bridgehead atoms. The Balaban J connectivity index is 1.60. The van der Waals surface area contributed by atoms with Crippen molar-refractivity contribution in [1.82, 2.24) is 15.0 Å². The number of anilines is 3. The number of nitrogens with one attached hydrogen (secondary N) is 2. The fourth-order valence-corrected chi connectivity index (χ4v) is 3.00. The second kappa shape index (κ2) is 8.83. The zero-order valence-corrected chi connectivity index (χ0v) is 16.5. The minimum absolute atomic E-state index is 0.171. The van der Waals surface area contributed by atoms with Crippen molar-refractivity contribution in [2.75, 3.05) is 55.5 Å². The van der Waals surface area contributed by atoms with Gasteiger partial charge in [0.15, 0.2) is 0 Å². The molecule has 0 unspecified atom stereocenters. The molecule has 3 rings (SSSR count). The maximum atomic E-state index is 12.5. The third kappa shape index (κ3) is 4.86. The van der Waals surface area contributed by atoms with Gasteiger partial charge in [0.1, 0.15) is 5.82 Å². The molecule has 9 nitrogen and oxygen atoms in total. The van der Waals surface area contributed by atoms with Gasteiger partial charge >= 0.3 is 0 Å². The van der Waals surface area contributed by atoms with E-state index in [0.29, 0.717) is 55.6 Å². The Morgan fingerprint density at radius 1 is 1.32 bits per heavy atom. The van der Waals surface area contributed by atoms with Crippen molar-refractivity contribution >= 4 is 23.4 Å². The Hall–Kier alpha value is -2.94. The minimum Gasteiger partial charge on any atom is -0.378 e. The minimum atomic E-state index is -0.196. The Morgan fingerprint density at radius 2 is 2.07 bits per heavy atom. The summed E-state index contributed by atoms with van der Waals surface area (Å²) in [6.45, 7) is 4.44. The summed E-state index contributed by atoms with van der Waals surface area (Å²) in [5.74, 6) is 1.20. The highest BCUT2D eigenvalue weighted by Crippen LogP contribution is 2.14. The van der Waals surface area contributed by atoms with E-state index in [4.69, 9.17) is 4.74 Å². The van der Waals surface area contributed by atoms with E-state index in [-0.39, 0.29) is 17.9 Å². The van der Waals surface area contributed by atoms with E-state index in [0.717, 1.165) is 5.82 Å².